The molecular formula is C29H27F5N2O5. The first kappa shape index (κ1) is 29.1. The summed E-state index contributed by atoms with van der Waals surface area (Å²) in [5.41, 5.74) is 0.423. The lowest BCUT2D eigenvalue weighted by atomic mass is 9.99. The molecule has 12 heteroatoms. The molecule has 0 unspecified atom stereocenters. The molecule has 0 radical (unpaired) electrons. The van der Waals surface area contributed by atoms with E-state index in [1.54, 1.807) is 18.2 Å². The van der Waals surface area contributed by atoms with Crippen molar-refractivity contribution in [1.82, 2.24) is 4.90 Å². The lowest BCUT2D eigenvalue weighted by Crippen LogP contribution is -2.38. The smallest absolute Gasteiger partial charge is 0.261 e. The molecule has 2 aliphatic heterocycles. The third-order valence-corrected chi connectivity index (χ3v) is 7.18. The molecule has 5 rings (SSSR count). The van der Waals surface area contributed by atoms with Crippen LogP contribution in [0, 0.1) is 29.1 Å². The van der Waals surface area contributed by atoms with E-state index in [9.17, 15) is 37.0 Å². The number of hydrogen-bond donors (Lipinski definition) is 3. The van der Waals surface area contributed by atoms with Crippen molar-refractivity contribution in [3.63, 3.8) is 0 Å². The van der Waals surface area contributed by atoms with E-state index < -0.39 is 59.1 Å². The Kier molecular flexibility index (Phi) is 8.66. The highest BCUT2D eigenvalue weighted by Gasteiger charge is 2.35. The molecular weight excluding hydrogens is 551 g/mol. The minimum absolute atomic E-state index is 0.0114. The first-order valence-electron chi connectivity index (χ1n) is 13.0. The largest absolute Gasteiger partial charge is 0.392 e. The van der Waals surface area contributed by atoms with Crippen LogP contribution in [-0.2, 0) is 16.1 Å². The Morgan fingerprint density at radius 3 is 2.24 bits per heavy atom. The summed E-state index contributed by atoms with van der Waals surface area (Å²) in [4.78, 5) is 14.7. The van der Waals surface area contributed by atoms with Crippen molar-refractivity contribution in [2.75, 3.05) is 25.0 Å². The van der Waals surface area contributed by atoms with Crippen molar-refractivity contribution >= 4 is 11.6 Å². The fourth-order valence-electron chi connectivity index (χ4n) is 5.06. The van der Waals surface area contributed by atoms with Gasteiger partial charge in [0.25, 0.3) is 5.91 Å². The predicted octanol–water partition coefficient (Wildman–Crippen LogP) is 4.74. The maximum absolute atomic E-state index is 14.2. The Hall–Kier alpha value is -3.42. The quantitative estimate of drug-likeness (QED) is 0.213. The van der Waals surface area contributed by atoms with Crippen molar-refractivity contribution in [2.45, 2.75) is 44.1 Å². The minimum atomic E-state index is -2.36. The van der Waals surface area contributed by atoms with Gasteiger partial charge in [0.2, 0.25) is 5.82 Å². The monoisotopic (exact) mass is 578 g/mol. The number of hydrogen-bond acceptors (Lipinski definition) is 6. The van der Waals surface area contributed by atoms with E-state index in [1.807, 2.05) is 12.1 Å². The Balaban J connectivity index is 1.38. The Labute approximate surface area is 232 Å². The molecule has 7 nitrogen and oxygen atoms in total. The van der Waals surface area contributed by atoms with Gasteiger partial charge in [0, 0.05) is 37.3 Å². The van der Waals surface area contributed by atoms with Crippen LogP contribution in [0.5, 0.6) is 0 Å². The number of aliphatic hydroxyl groups excluding tert-OH is 2. The molecule has 2 heterocycles. The third kappa shape index (κ3) is 6.26. The van der Waals surface area contributed by atoms with Crippen molar-refractivity contribution < 1.29 is 46.4 Å². The normalized spacial score (nSPS) is 23.1. The van der Waals surface area contributed by atoms with Crippen LogP contribution in [0.15, 0.2) is 48.5 Å². The molecule has 2 fully saturated rings. The second-order valence-corrected chi connectivity index (χ2v) is 10.1. The molecule has 218 valence electrons. The lowest BCUT2D eigenvalue weighted by Gasteiger charge is -2.38. The zero-order chi connectivity index (χ0) is 29.3. The lowest BCUT2D eigenvalue weighted by molar-refractivity contribution is -0.252. The molecule has 3 aromatic carbocycles. The SMILES string of the molecule is O=C(Nc1cccc([C@@H]2O[C@H](CN3CC[C@H](O)C3)C[C@H](c3ccc(CO)cc3)O2)c1)c1c(F)c(F)c(F)c(F)c1F. The average molecular weight is 579 g/mol. The van der Waals surface area contributed by atoms with E-state index in [-0.39, 0.29) is 18.4 Å². The second kappa shape index (κ2) is 12.2. The van der Waals surface area contributed by atoms with Gasteiger partial charge in [-0.2, -0.15) is 0 Å². The highest BCUT2D eigenvalue weighted by Crippen LogP contribution is 2.39. The number of halogens is 5. The van der Waals surface area contributed by atoms with Gasteiger partial charge in [0.1, 0.15) is 5.56 Å². The number of ether oxygens (including phenoxy) is 2. The Bertz CT molecular complexity index is 1390. The summed E-state index contributed by atoms with van der Waals surface area (Å²) in [5.74, 6) is -12.8. The first-order valence-corrected chi connectivity index (χ1v) is 13.0. The topological polar surface area (TPSA) is 91.3 Å². The second-order valence-electron chi connectivity index (χ2n) is 10.1. The van der Waals surface area contributed by atoms with Gasteiger partial charge < -0.3 is 25.0 Å². The molecule has 3 aromatic rings. The van der Waals surface area contributed by atoms with E-state index in [0.29, 0.717) is 38.0 Å². The number of carbonyl (C=O) groups is 1. The zero-order valence-corrected chi connectivity index (χ0v) is 21.6. The number of likely N-dealkylation sites (tertiary alicyclic amines) is 1. The first-order chi connectivity index (χ1) is 19.6. The zero-order valence-electron chi connectivity index (χ0n) is 21.6. The average Bonchev–Trinajstić information content (AvgIpc) is 3.39. The Morgan fingerprint density at radius 1 is 0.927 bits per heavy atom. The maximum Gasteiger partial charge on any atom is 0.261 e. The molecule has 0 spiro atoms. The van der Waals surface area contributed by atoms with Gasteiger partial charge in [-0.1, -0.05) is 36.4 Å². The molecule has 2 saturated heterocycles. The van der Waals surface area contributed by atoms with Crippen LogP contribution in [0.4, 0.5) is 27.6 Å². The van der Waals surface area contributed by atoms with Gasteiger partial charge in [-0.3, -0.25) is 9.69 Å². The van der Waals surface area contributed by atoms with Crippen molar-refractivity contribution in [2.24, 2.45) is 0 Å². The van der Waals surface area contributed by atoms with Gasteiger partial charge in [0.05, 0.1) is 24.9 Å². The number of nitrogens with zero attached hydrogens (tertiary/aromatic N) is 1. The fraction of sp³-hybridized carbons (Fsp3) is 0.345. The van der Waals surface area contributed by atoms with Gasteiger partial charge >= 0.3 is 0 Å². The maximum atomic E-state index is 14.2. The van der Waals surface area contributed by atoms with E-state index in [4.69, 9.17) is 9.47 Å². The van der Waals surface area contributed by atoms with Crippen molar-refractivity contribution in [1.29, 1.82) is 0 Å². The fourth-order valence-corrected chi connectivity index (χ4v) is 5.06. The van der Waals surface area contributed by atoms with Crippen LogP contribution in [0.3, 0.4) is 0 Å². The molecule has 1 amide bonds. The van der Waals surface area contributed by atoms with Gasteiger partial charge in [0.15, 0.2) is 29.6 Å². The summed E-state index contributed by atoms with van der Waals surface area (Å²) in [6.07, 6.45) is -0.916. The molecule has 0 saturated carbocycles. The summed E-state index contributed by atoms with van der Waals surface area (Å²) in [6.45, 7) is 1.64. The number of β-amino-alcohol motifs (C(OH)–C–C–N with tert-alkyl or cyclic N) is 1. The van der Waals surface area contributed by atoms with Crippen molar-refractivity contribution in [3.05, 3.63) is 99.9 Å². The molecule has 0 aromatic heterocycles. The van der Waals surface area contributed by atoms with Gasteiger partial charge in [-0.05, 0) is 29.7 Å². The molecule has 3 N–H and O–H groups in total. The third-order valence-electron chi connectivity index (χ3n) is 7.18. The van der Waals surface area contributed by atoms with Gasteiger partial charge in [-0.15, -0.1) is 0 Å². The number of benzene rings is 3. The summed E-state index contributed by atoms with van der Waals surface area (Å²) in [6, 6.07) is 13.2. The molecule has 4 atom stereocenters. The van der Waals surface area contributed by atoms with Crippen LogP contribution in [0.2, 0.25) is 0 Å². The predicted molar refractivity (Wildman–Crippen MR) is 136 cm³/mol. The summed E-state index contributed by atoms with van der Waals surface area (Å²) < 4.78 is 81.5. The van der Waals surface area contributed by atoms with E-state index in [1.165, 1.54) is 18.2 Å². The van der Waals surface area contributed by atoms with Crippen LogP contribution in [0.1, 0.15) is 52.3 Å². The van der Waals surface area contributed by atoms with Gasteiger partial charge in [-0.25, -0.2) is 22.0 Å². The molecule has 0 aliphatic carbocycles. The molecule has 2 aliphatic rings. The molecule has 0 bridgehead atoms. The van der Waals surface area contributed by atoms with E-state index in [2.05, 4.69) is 10.2 Å². The minimum Gasteiger partial charge on any atom is -0.392 e. The summed E-state index contributed by atoms with van der Waals surface area (Å²) in [5, 5.41) is 21.5. The number of carbonyl (C=O) groups excluding carboxylic acids is 1. The summed E-state index contributed by atoms with van der Waals surface area (Å²) >= 11 is 0. The van der Waals surface area contributed by atoms with Crippen LogP contribution >= 0.6 is 0 Å². The van der Waals surface area contributed by atoms with E-state index >= 15 is 0 Å². The Morgan fingerprint density at radius 2 is 1.61 bits per heavy atom. The van der Waals surface area contributed by atoms with E-state index in [0.717, 1.165) is 11.1 Å². The van der Waals surface area contributed by atoms with Crippen LogP contribution in [0.25, 0.3) is 0 Å². The number of anilines is 1. The number of aliphatic hydroxyl groups is 2. The van der Waals surface area contributed by atoms with Crippen LogP contribution < -0.4 is 5.32 Å². The molecule has 41 heavy (non-hydrogen) atoms. The van der Waals surface area contributed by atoms with Crippen molar-refractivity contribution in [3.8, 4) is 0 Å². The summed E-state index contributed by atoms with van der Waals surface area (Å²) in [7, 11) is 0. The highest BCUT2D eigenvalue weighted by atomic mass is 19.2. The standard InChI is InChI=1S/C29H27F5N2O5/c30-23-22(24(31)26(33)27(34)25(23)32)28(39)35-18-3-1-2-17(10-18)29-40-20(13-36-9-8-19(38)12-36)11-21(41-29)16-6-4-15(14-37)5-7-16/h1-7,10,19-21,29,37-38H,8-9,11-14H2,(H,35,39)/t19-,20-,21+,29+/m0/s1. The highest BCUT2D eigenvalue weighted by molar-refractivity contribution is 6.04. The number of amides is 1. The van der Waals surface area contributed by atoms with Crippen LogP contribution in [-0.4, -0.2) is 52.9 Å². The number of nitrogens with one attached hydrogen (secondary N) is 1. The number of rotatable bonds is 7.